The number of carbonyl (C=O) groups is 1. The Morgan fingerprint density at radius 2 is 1.93 bits per heavy atom. The molecule has 1 amide bonds. The van der Waals surface area contributed by atoms with Gasteiger partial charge in [-0.1, -0.05) is 0 Å². The zero-order valence-electron chi connectivity index (χ0n) is 14.7. The summed E-state index contributed by atoms with van der Waals surface area (Å²) in [6.07, 6.45) is 1.17. The second-order valence-electron chi connectivity index (χ2n) is 5.98. The van der Waals surface area contributed by atoms with Crippen LogP contribution in [0, 0.1) is 28.5 Å². The standard InChI is InChI=1S/C17H16FN5O3S/c1-10(2)22-27(25,26)15-9-23(3)16(13(15)8-20)17(24)21-12-4-5-14(18)11(6-12)7-19/h4-6,9-10,22H,1-3H3,(H,21,24). The molecule has 0 bridgehead atoms. The molecule has 140 valence electrons. The Morgan fingerprint density at radius 3 is 2.48 bits per heavy atom. The predicted molar refractivity (Wildman–Crippen MR) is 94.7 cm³/mol. The summed E-state index contributed by atoms with van der Waals surface area (Å²) in [6, 6.07) is 6.41. The van der Waals surface area contributed by atoms with Crippen LogP contribution in [0.25, 0.3) is 0 Å². The number of rotatable bonds is 5. The molecule has 2 aromatic rings. The number of nitriles is 2. The first-order valence-corrected chi connectivity index (χ1v) is 9.21. The number of amides is 1. The average Bonchev–Trinajstić information content (AvgIpc) is 2.92. The van der Waals surface area contributed by atoms with Crippen molar-refractivity contribution < 1.29 is 17.6 Å². The number of carbonyl (C=O) groups excluding carboxylic acids is 1. The molecular formula is C17H16FN5O3S. The third-order valence-corrected chi connectivity index (χ3v) is 5.17. The van der Waals surface area contributed by atoms with Crippen LogP contribution in [-0.2, 0) is 17.1 Å². The molecule has 8 nitrogen and oxygen atoms in total. The minimum atomic E-state index is -3.99. The van der Waals surface area contributed by atoms with Gasteiger partial charge in [0.05, 0.1) is 5.56 Å². The van der Waals surface area contributed by atoms with Gasteiger partial charge in [0, 0.05) is 25.0 Å². The molecule has 2 N–H and O–H groups in total. The molecule has 2 rings (SSSR count). The molecule has 0 saturated carbocycles. The van der Waals surface area contributed by atoms with Crippen molar-refractivity contribution in [2.24, 2.45) is 7.05 Å². The van der Waals surface area contributed by atoms with Crippen LogP contribution in [0.1, 0.15) is 35.5 Å². The quantitative estimate of drug-likeness (QED) is 0.806. The molecule has 0 aliphatic carbocycles. The Bertz CT molecular complexity index is 1090. The van der Waals surface area contributed by atoms with E-state index in [1.54, 1.807) is 26.0 Å². The Morgan fingerprint density at radius 1 is 1.26 bits per heavy atom. The molecular weight excluding hydrogens is 373 g/mol. The van der Waals surface area contributed by atoms with Crippen molar-refractivity contribution in [2.75, 3.05) is 5.32 Å². The van der Waals surface area contributed by atoms with E-state index in [0.29, 0.717) is 0 Å². The van der Waals surface area contributed by atoms with E-state index in [-0.39, 0.29) is 27.4 Å². The van der Waals surface area contributed by atoms with Crippen LogP contribution in [0.2, 0.25) is 0 Å². The first kappa shape index (κ1) is 20.1. The number of halogens is 1. The van der Waals surface area contributed by atoms with Gasteiger partial charge in [-0.15, -0.1) is 0 Å². The third-order valence-electron chi connectivity index (χ3n) is 3.50. The Balaban J connectivity index is 2.46. The monoisotopic (exact) mass is 389 g/mol. The number of hydrogen-bond donors (Lipinski definition) is 2. The molecule has 1 aromatic heterocycles. The van der Waals surface area contributed by atoms with Crippen LogP contribution in [0.4, 0.5) is 10.1 Å². The topological polar surface area (TPSA) is 128 Å². The Hall–Kier alpha value is -3.21. The van der Waals surface area contributed by atoms with Crippen molar-refractivity contribution in [3.8, 4) is 12.1 Å². The Labute approximate surface area is 155 Å². The fraction of sp³-hybridized carbons (Fsp3) is 0.235. The molecule has 1 aromatic carbocycles. The van der Waals surface area contributed by atoms with Crippen LogP contribution in [-0.4, -0.2) is 24.9 Å². The van der Waals surface area contributed by atoms with Gasteiger partial charge < -0.3 is 9.88 Å². The smallest absolute Gasteiger partial charge is 0.273 e. The largest absolute Gasteiger partial charge is 0.344 e. The summed E-state index contributed by atoms with van der Waals surface area (Å²) >= 11 is 0. The number of sulfonamides is 1. The fourth-order valence-electron chi connectivity index (χ4n) is 2.44. The normalized spacial score (nSPS) is 11.1. The number of anilines is 1. The molecule has 27 heavy (non-hydrogen) atoms. The van der Waals surface area contributed by atoms with Crippen molar-refractivity contribution in [3.05, 3.63) is 47.0 Å². The van der Waals surface area contributed by atoms with Crippen molar-refractivity contribution in [1.82, 2.24) is 9.29 Å². The highest BCUT2D eigenvalue weighted by atomic mass is 32.2. The van der Waals surface area contributed by atoms with E-state index < -0.39 is 27.8 Å². The molecule has 0 atom stereocenters. The van der Waals surface area contributed by atoms with Gasteiger partial charge in [0.25, 0.3) is 5.91 Å². The summed E-state index contributed by atoms with van der Waals surface area (Å²) in [5.74, 6) is -1.50. The van der Waals surface area contributed by atoms with Crippen LogP contribution >= 0.6 is 0 Å². The van der Waals surface area contributed by atoms with E-state index >= 15 is 0 Å². The SMILES string of the molecule is CC(C)NS(=O)(=O)c1cn(C)c(C(=O)Nc2ccc(F)c(C#N)c2)c1C#N. The summed E-state index contributed by atoms with van der Waals surface area (Å²) in [7, 11) is -2.57. The van der Waals surface area contributed by atoms with Gasteiger partial charge in [0.2, 0.25) is 10.0 Å². The lowest BCUT2D eigenvalue weighted by Gasteiger charge is -2.09. The predicted octanol–water partition coefficient (Wildman–Crippen LogP) is 1.85. The van der Waals surface area contributed by atoms with Crippen molar-refractivity contribution in [1.29, 1.82) is 10.5 Å². The summed E-state index contributed by atoms with van der Waals surface area (Å²) in [5.41, 5.74) is -0.618. The van der Waals surface area contributed by atoms with Crippen molar-refractivity contribution in [2.45, 2.75) is 24.8 Å². The first-order chi connectivity index (χ1) is 12.6. The number of nitrogens with one attached hydrogen (secondary N) is 2. The van der Waals surface area contributed by atoms with Crippen LogP contribution in [0.15, 0.2) is 29.3 Å². The third kappa shape index (κ3) is 4.14. The maximum atomic E-state index is 13.4. The van der Waals surface area contributed by atoms with Gasteiger partial charge >= 0.3 is 0 Å². The summed E-state index contributed by atoms with van der Waals surface area (Å²) in [6.45, 7) is 3.25. The highest BCUT2D eigenvalue weighted by molar-refractivity contribution is 7.89. The second-order valence-corrected chi connectivity index (χ2v) is 7.66. The van der Waals surface area contributed by atoms with Gasteiger partial charge in [0.1, 0.15) is 34.1 Å². The summed E-state index contributed by atoms with van der Waals surface area (Å²) in [4.78, 5) is 12.3. The molecule has 0 unspecified atom stereocenters. The Kier molecular flexibility index (Phi) is 5.64. The van der Waals surface area contributed by atoms with Crippen LogP contribution < -0.4 is 10.0 Å². The molecule has 0 fully saturated rings. The minimum absolute atomic E-state index is 0.132. The lowest BCUT2D eigenvalue weighted by molar-refractivity contribution is 0.101. The van der Waals surface area contributed by atoms with Crippen molar-refractivity contribution in [3.63, 3.8) is 0 Å². The summed E-state index contributed by atoms with van der Waals surface area (Å²) in [5, 5.41) is 20.7. The maximum Gasteiger partial charge on any atom is 0.273 e. The number of hydrogen-bond acceptors (Lipinski definition) is 5. The van der Waals surface area contributed by atoms with Gasteiger partial charge in [-0.25, -0.2) is 17.5 Å². The second kappa shape index (κ2) is 7.58. The van der Waals surface area contributed by atoms with E-state index in [2.05, 4.69) is 10.0 Å². The van der Waals surface area contributed by atoms with E-state index in [1.165, 1.54) is 23.9 Å². The van der Waals surface area contributed by atoms with Crippen LogP contribution in [0.3, 0.4) is 0 Å². The molecule has 10 heteroatoms. The van der Waals surface area contributed by atoms with E-state index in [9.17, 15) is 22.9 Å². The number of benzene rings is 1. The van der Waals surface area contributed by atoms with Gasteiger partial charge in [-0.3, -0.25) is 4.79 Å². The number of aryl methyl sites for hydroxylation is 1. The van der Waals surface area contributed by atoms with E-state index in [4.69, 9.17) is 5.26 Å². The average molecular weight is 389 g/mol. The lowest BCUT2D eigenvalue weighted by atomic mass is 10.2. The maximum absolute atomic E-state index is 13.4. The molecule has 0 saturated heterocycles. The highest BCUT2D eigenvalue weighted by Crippen LogP contribution is 2.23. The zero-order valence-corrected chi connectivity index (χ0v) is 15.6. The van der Waals surface area contributed by atoms with Gasteiger partial charge in [-0.2, -0.15) is 10.5 Å². The lowest BCUT2D eigenvalue weighted by Crippen LogP contribution is -2.30. The van der Waals surface area contributed by atoms with E-state index in [1.807, 2.05) is 0 Å². The fourth-order valence-corrected chi connectivity index (χ4v) is 3.89. The number of nitrogens with zero attached hydrogens (tertiary/aromatic N) is 3. The molecule has 1 heterocycles. The number of aromatic nitrogens is 1. The van der Waals surface area contributed by atoms with E-state index in [0.717, 1.165) is 12.1 Å². The summed E-state index contributed by atoms with van der Waals surface area (Å²) < 4.78 is 41.8. The zero-order chi connectivity index (χ0) is 20.4. The van der Waals surface area contributed by atoms with Gasteiger partial charge in [-0.05, 0) is 32.0 Å². The molecule has 0 aliphatic heterocycles. The highest BCUT2D eigenvalue weighted by Gasteiger charge is 2.28. The first-order valence-electron chi connectivity index (χ1n) is 7.73. The molecule has 0 aliphatic rings. The van der Waals surface area contributed by atoms with Crippen molar-refractivity contribution >= 4 is 21.6 Å². The van der Waals surface area contributed by atoms with Gasteiger partial charge in [0.15, 0.2) is 0 Å². The van der Waals surface area contributed by atoms with Crippen LogP contribution in [0.5, 0.6) is 0 Å². The minimum Gasteiger partial charge on any atom is -0.344 e. The molecule has 0 spiro atoms. The molecule has 0 radical (unpaired) electrons.